The molecule has 2 heterocycles. The van der Waals surface area contributed by atoms with Crippen LogP contribution >= 0.6 is 0 Å². The Hall–Kier alpha value is -6.52. The Morgan fingerprint density at radius 2 is 1.11 bits per heavy atom. The SMILES string of the molecule is Cc1ccc(N2c3cccc4c3B(c3ccc(N(c5ccccc5)c5ccc6ccccc6c5)cc3N4c3ccccc3)c3c2cc2c(C)c3C2)cc1. The van der Waals surface area contributed by atoms with E-state index in [2.05, 4.69) is 198 Å². The Kier molecular flexibility index (Phi) is 6.54. The maximum absolute atomic E-state index is 2.52. The zero-order valence-electron chi connectivity index (χ0n) is 29.8. The molecular weight excluding hydrogens is 641 g/mol. The van der Waals surface area contributed by atoms with Crippen LogP contribution in [0.3, 0.4) is 0 Å². The zero-order chi connectivity index (χ0) is 35.2. The molecule has 53 heavy (non-hydrogen) atoms. The summed E-state index contributed by atoms with van der Waals surface area (Å²) in [5.74, 6) is 0. The van der Waals surface area contributed by atoms with E-state index < -0.39 is 0 Å². The van der Waals surface area contributed by atoms with E-state index >= 15 is 0 Å². The summed E-state index contributed by atoms with van der Waals surface area (Å²) in [7, 11) is 0. The van der Waals surface area contributed by atoms with Crippen LogP contribution in [0.5, 0.6) is 0 Å². The Labute approximate surface area is 311 Å². The molecular formula is C49H36BN3. The maximum Gasteiger partial charge on any atom is 0.252 e. The molecule has 4 heteroatoms. The Bertz CT molecular complexity index is 2740. The molecule has 0 aromatic heterocycles. The molecule has 8 aromatic carbocycles. The van der Waals surface area contributed by atoms with Gasteiger partial charge in [0.25, 0.3) is 6.71 Å². The fraction of sp³-hybridized carbons (Fsp3) is 0.0612. The average molecular weight is 678 g/mol. The molecule has 250 valence electrons. The van der Waals surface area contributed by atoms with Crippen LogP contribution in [0.2, 0.25) is 0 Å². The van der Waals surface area contributed by atoms with Crippen LogP contribution in [-0.4, -0.2) is 6.71 Å². The fourth-order valence-electron chi connectivity index (χ4n) is 9.12. The second-order valence-electron chi connectivity index (χ2n) is 14.7. The number of nitrogens with zero attached hydrogens (tertiary/aromatic N) is 3. The molecule has 0 atom stereocenters. The van der Waals surface area contributed by atoms with Crippen LogP contribution in [0.4, 0.5) is 51.2 Å². The van der Waals surface area contributed by atoms with Crippen LogP contribution in [-0.2, 0) is 6.42 Å². The Morgan fingerprint density at radius 1 is 0.472 bits per heavy atom. The first-order valence-corrected chi connectivity index (χ1v) is 18.6. The van der Waals surface area contributed by atoms with Crippen LogP contribution in [0.15, 0.2) is 170 Å². The molecule has 2 aliphatic heterocycles. The summed E-state index contributed by atoms with van der Waals surface area (Å²) in [5, 5.41) is 2.47. The third-order valence-electron chi connectivity index (χ3n) is 11.7. The third-order valence-corrected chi connectivity index (χ3v) is 11.7. The van der Waals surface area contributed by atoms with E-state index in [-0.39, 0.29) is 6.71 Å². The number of anilines is 9. The van der Waals surface area contributed by atoms with E-state index in [0.29, 0.717) is 0 Å². The zero-order valence-corrected chi connectivity index (χ0v) is 29.8. The van der Waals surface area contributed by atoms with Gasteiger partial charge in [-0.1, -0.05) is 96.6 Å². The third kappa shape index (κ3) is 4.48. The fourth-order valence-corrected chi connectivity index (χ4v) is 9.12. The van der Waals surface area contributed by atoms with Crippen molar-refractivity contribution in [3.8, 4) is 0 Å². The van der Waals surface area contributed by atoms with Crippen molar-refractivity contribution < 1.29 is 0 Å². The van der Waals surface area contributed by atoms with Crippen molar-refractivity contribution in [2.24, 2.45) is 0 Å². The van der Waals surface area contributed by atoms with Gasteiger partial charge in [0.1, 0.15) is 0 Å². The first-order chi connectivity index (χ1) is 26.1. The molecule has 2 aliphatic carbocycles. The Balaban J connectivity index is 1.18. The molecule has 0 saturated heterocycles. The number of fused-ring (bicyclic) bond motifs is 3. The van der Waals surface area contributed by atoms with Gasteiger partial charge < -0.3 is 14.7 Å². The van der Waals surface area contributed by atoms with Gasteiger partial charge in [-0.05, 0) is 143 Å². The topological polar surface area (TPSA) is 9.72 Å². The van der Waals surface area contributed by atoms with Gasteiger partial charge in [0.2, 0.25) is 0 Å². The van der Waals surface area contributed by atoms with E-state index in [4.69, 9.17) is 0 Å². The largest absolute Gasteiger partial charge is 0.311 e. The number of benzene rings is 8. The van der Waals surface area contributed by atoms with Crippen LogP contribution in [0.25, 0.3) is 10.8 Å². The van der Waals surface area contributed by atoms with Crippen molar-refractivity contribution in [1.29, 1.82) is 0 Å². The van der Waals surface area contributed by atoms with Crippen LogP contribution < -0.4 is 31.1 Å². The summed E-state index contributed by atoms with van der Waals surface area (Å²) >= 11 is 0. The van der Waals surface area contributed by atoms with Crippen molar-refractivity contribution in [2.45, 2.75) is 20.3 Å². The van der Waals surface area contributed by atoms with Crippen molar-refractivity contribution in [3.63, 3.8) is 0 Å². The molecule has 0 fully saturated rings. The highest BCUT2D eigenvalue weighted by molar-refractivity contribution is 7.00. The first kappa shape index (κ1) is 30.1. The van der Waals surface area contributed by atoms with Gasteiger partial charge in [0.05, 0.1) is 0 Å². The van der Waals surface area contributed by atoms with Crippen LogP contribution in [0, 0.1) is 13.8 Å². The van der Waals surface area contributed by atoms with Crippen LogP contribution in [0.1, 0.15) is 22.3 Å². The molecule has 8 aromatic rings. The van der Waals surface area contributed by atoms with E-state index in [9.17, 15) is 0 Å². The molecule has 0 saturated carbocycles. The van der Waals surface area contributed by atoms with Crippen molar-refractivity contribution >= 4 is 85.1 Å². The minimum Gasteiger partial charge on any atom is -0.311 e. The molecule has 0 amide bonds. The van der Waals surface area contributed by atoms with E-state index in [1.54, 1.807) is 0 Å². The number of para-hydroxylation sites is 2. The lowest BCUT2D eigenvalue weighted by Gasteiger charge is -2.46. The first-order valence-electron chi connectivity index (χ1n) is 18.6. The average Bonchev–Trinajstić information content (AvgIpc) is 3.21. The highest BCUT2D eigenvalue weighted by Crippen LogP contribution is 2.48. The predicted molar refractivity (Wildman–Crippen MR) is 225 cm³/mol. The van der Waals surface area contributed by atoms with E-state index in [0.717, 1.165) is 29.2 Å². The van der Waals surface area contributed by atoms with E-state index in [1.165, 1.54) is 77.9 Å². The minimum absolute atomic E-state index is 0.107. The molecule has 3 nitrogen and oxygen atoms in total. The monoisotopic (exact) mass is 677 g/mol. The second kappa shape index (κ2) is 11.5. The number of hydrogen-bond acceptors (Lipinski definition) is 3. The number of aryl methyl sites for hydroxylation is 2. The van der Waals surface area contributed by atoms with E-state index in [1.807, 2.05) is 0 Å². The Morgan fingerprint density at radius 3 is 1.87 bits per heavy atom. The van der Waals surface area contributed by atoms with Crippen molar-refractivity contribution in [1.82, 2.24) is 0 Å². The standard InChI is InChI=1S/C49H36BN3/c1-32-20-23-39(24-21-32)53-45-19-11-18-44-49(45)50(48-42-29-36(33(42)2)30-47(48)53)43-27-26-41(31-46(43)52(44)38-16-7-4-8-17-38)51(37-14-5-3-6-15-37)40-25-22-34-12-9-10-13-35(34)28-40/h3-28,30-31H,29H2,1-2H3. The summed E-state index contributed by atoms with van der Waals surface area (Å²) in [4.78, 5) is 7.43. The molecule has 0 radical (unpaired) electrons. The van der Waals surface area contributed by atoms with Crippen molar-refractivity contribution in [2.75, 3.05) is 14.7 Å². The minimum atomic E-state index is 0.107. The van der Waals surface area contributed by atoms with Gasteiger partial charge in [-0.15, -0.1) is 0 Å². The number of rotatable bonds is 5. The maximum atomic E-state index is 2.52. The summed E-state index contributed by atoms with van der Waals surface area (Å²) in [5.41, 5.74) is 20.6. The van der Waals surface area contributed by atoms with Crippen molar-refractivity contribution in [3.05, 3.63) is 192 Å². The van der Waals surface area contributed by atoms with Gasteiger partial charge in [0, 0.05) is 51.2 Å². The van der Waals surface area contributed by atoms with Gasteiger partial charge in [0.15, 0.2) is 0 Å². The summed E-state index contributed by atoms with van der Waals surface area (Å²) < 4.78 is 0. The second-order valence-corrected chi connectivity index (χ2v) is 14.7. The molecule has 0 N–H and O–H groups in total. The number of hydrogen-bond donors (Lipinski definition) is 0. The molecule has 0 unspecified atom stereocenters. The smallest absolute Gasteiger partial charge is 0.252 e. The highest BCUT2D eigenvalue weighted by atomic mass is 15.2. The van der Waals surface area contributed by atoms with Gasteiger partial charge in [-0.3, -0.25) is 0 Å². The van der Waals surface area contributed by atoms with Gasteiger partial charge in [-0.25, -0.2) is 0 Å². The summed E-state index contributed by atoms with van der Waals surface area (Å²) in [6, 6.07) is 62.7. The quantitative estimate of drug-likeness (QED) is 0.168. The summed E-state index contributed by atoms with van der Waals surface area (Å²) in [6.45, 7) is 4.59. The summed E-state index contributed by atoms with van der Waals surface area (Å²) in [6.07, 6.45) is 1.04. The molecule has 0 spiro atoms. The lowest BCUT2D eigenvalue weighted by molar-refractivity contribution is 1.03. The lowest BCUT2D eigenvalue weighted by atomic mass is 9.32. The van der Waals surface area contributed by atoms with Gasteiger partial charge >= 0.3 is 0 Å². The van der Waals surface area contributed by atoms with Gasteiger partial charge in [-0.2, -0.15) is 0 Å². The normalized spacial score (nSPS) is 13.3. The lowest BCUT2D eigenvalue weighted by Crippen LogP contribution is -2.63. The molecule has 4 aliphatic rings. The predicted octanol–water partition coefficient (Wildman–Crippen LogP) is 10.9. The highest BCUT2D eigenvalue weighted by Gasteiger charge is 2.46. The molecule has 2 bridgehead atoms. The molecule has 12 rings (SSSR count).